The molecule has 1 aliphatic heterocycles. The number of carbonyl (C=O) groups excluding carboxylic acids is 1. The van der Waals surface area contributed by atoms with Gasteiger partial charge in [0.05, 0.1) is 24.1 Å². The maximum absolute atomic E-state index is 12.7. The lowest BCUT2D eigenvalue weighted by atomic mass is 10.1. The Morgan fingerprint density at radius 1 is 1.17 bits per heavy atom. The van der Waals surface area contributed by atoms with Crippen molar-refractivity contribution in [2.45, 2.75) is 30.1 Å². The lowest BCUT2D eigenvalue weighted by molar-refractivity contribution is -0.192. The number of nitrogens with one attached hydrogen (secondary N) is 2. The fourth-order valence-electron chi connectivity index (χ4n) is 3.10. The number of piperidine rings is 1. The quantitative estimate of drug-likeness (QED) is 0.452. The molecule has 188 valence electrons. The summed E-state index contributed by atoms with van der Waals surface area (Å²) in [6, 6.07) is 10.2. The van der Waals surface area contributed by atoms with E-state index in [1.807, 2.05) is 10.8 Å². The Morgan fingerprint density at radius 3 is 2.46 bits per heavy atom. The van der Waals surface area contributed by atoms with Crippen LogP contribution in [0.1, 0.15) is 29.4 Å². The Balaban J connectivity index is 0.000000429. The van der Waals surface area contributed by atoms with E-state index in [0.717, 1.165) is 25.9 Å². The van der Waals surface area contributed by atoms with Crippen molar-refractivity contribution in [2.75, 3.05) is 13.1 Å². The van der Waals surface area contributed by atoms with E-state index in [4.69, 9.17) is 9.90 Å². The Labute approximate surface area is 196 Å². The number of hydrogen-bond acceptors (Lipinski definition) is 8. The molecule has 1 fully saturated rings. The summed E-state index contributed by atoms with van der Waals surface area (Å²) in [6.45, 7) is 1.69. The molecule has 0 bridgehead atoms. The van der Waals surface area contributed by atoms with E-state index >= 15 is 0 Å². The molecule has 0 spiro atoms. The van der Waals surface area contributed by atoms with Crippen LogP contribution in [-0.4, -0.2) is 69.4 Å². The molecule has 0 radical (unpaired) electrons. The summed E-state index contributed by atoms with van der Waals surface area (Å²) in [7, 11) is -4.15. The van der Waals surface area contributed by atoms with E-state index in [1.54, 1.807) is 28.9 Å². The van der Waals surface area contributed by atoms with Crippen LogP contribution in [0.3, 0.4) is 0 Å². The van der Waals surface area contributed by atoms with E-state index in [1.165, 1.54) is 23.1 Å². The van der Waals surface area contributed by atoms with Crippen LogP contribution in [0.15, 0.2) is 53.8 Å². The van der Waals surface area contributed by atoms with Crippen molar-refractivity contribution in [3.8, 4) is 5.69 Å². The first-order valence-electron chi connectivity index (χ1n) is 10.1. The number of aliphatic carboxylic acids is 1. The maximum atomic E-state index is 12.7. The van der Waals surface area contributed by atoms with Crippen molar-refractivity contribution in [1.29, 1.82) is 0 Å². The summed E-state index contributed by atoms with van der Waals surface area (Å²) in [6.07, 6.45) is -0.328. The zero-order chi connectivity index (χ0) is 25.6. The Morgan fingerprint density at radius 2 is 1.86 bits per heavy atom. The van der Waals surface area contributed by atoms with Crippen LogP contribution < -0.4 is 10.0 Å². The minimum atomic E-state index is -5.08. The van der Waals surface area contributed by atoms with E-state index < -0.39 is 28.1 Å². The Bertz CT molecular complexity index is 1270. The molecule has 3 heterocycles. The SMILES string of the molecule is O=C(NS(=O)(=O)c1ccnn1-c1ccccc1)c1cn(C2CCCNC2)nn1.O=C(O)C(F)(F)F. The molecule has 16 heteroatoms. The third-order valence-electron chi connectivity index (χ3n) is 4.74. The largest absolute Gasteiger partial charge is 0.490 e. The number of alkyl halides is 3. The van der Waals surface area contributed by atoms with Crippen molar-refractivity contribution in [2.24, 2.45) is 0 Å². The van der Waals surface area contributed by atoms with Crippen LogP contribution in [0.25, 0.3) is 5.69 Å². The normalized spacial score (nSPS) is 16.1. The summed E-state index contributed by atoms with van der Waals surface area (Å²) in [4.78, 5) is 21.3. The molecule has 1 unspecified atom stereocenters. The highest BCUT2D eigenvalue weighted by molar-refractivity contribution is 7.90. The summed E-state index contributed by atoms with van der Waals surface area (Å²) in [5, 5.41) is 22.1. The minimum Gasteiger partial charge on any atom is -0.475 e. The van der Waals surface area contributed by atoms with Gasteiger partial charge in [-0.15, -0.1) is 5.10 Å². The molecule has 0 aliphatic carbocycles. The lowest BCUT2D eigenvalue weighted by Crippen LogP contribution is -2.32. The van der Waals surface area contributed by atoms with Gasteiger partial charge in [-0.05, 0) is 37.6 Å². The van der Waals surface area contributed by atoms with E-state index in [-0.39, 0.29) is 16.8 Å². The number of sulfonamides is 1. The summed E-state index contributed by atoms with van der Waals surface area (Å²) >= 11 is 0. The third kappa shape index (κ3) is 6.63. The first kappa shape index (κ1) is 25.8. The molecule has 35 heavy (non-hydrogen) atoms. The van der Waals surface area contributed by atoms with Gasteiger partial charge in [0.2, 0.25) is 0 Å². The first-order chi connectivity index (χ1) is 16.5. The van der Waals surface area contributed by atoms with Gasteiger partial charge in [-0.2, -0.15) is 26.7 Å². The molecule has 1 saturated heterocycles. The van der Waals surface area contributed by atoms with Crippen LogP contribution >= 0.6 is 0 Å². The smallest absolute Gasteiger partial charge is 0.475 e. The number of amides is 1. The first-order valence-corrected chi connectivity index (χ1v) is 11.6. The van der Waals surface area contributed by atoms with Gasteiger partial charge in [0.15, 0.2) is 10.7 Å². The molecule has 0 saturated carbocycles. The number of aromatic nitrogens is 5. The van der Waals surface area contributed by atoms with E-state index in [2.05, 4.69) is 20.7 Å². The van der Waals surface area contributed by atoms with E-state index in [0.29, 0.717) is 5.69 Å². The van der Waals surface area contributed by atoms with Crippen LogP contribution in [0.4, 0.5) is 13.2 Å². The zero-order valence-electron chi connectivity index (χ0n) is 17.9. The molecule has 1 aliphatic rings. The summed E-state index contributed by atoms with van der Waals surface area (Å²) < 4.78 is 62.1. The molecule has 4 rings (SSSR count). The van der Waals surface area contributed by atoms with Crippen LogP contribution in [0, 0.1) is 0 Å². The average Bonchev–Trinajstić information content (AvgIpc) is 3.51. The monoisotopic (exact) mass is 515 g/mol. The van der Waals surface area contributed by atoms with Gasteiger partial charge in [0.25, 0.3) is 15.9 Å². The van der Waals surface area contributed by atoms with Gasteiger partial charge in [-0.25, -0.2) is 18.9 Å². The number of hydrogen-bond donors (Lipinski definition) is 3. The number of carboxylic acids is 1. The third-order valence-corrected chi connectivity index (χ3v) is 6.06. The Kier molecular flexibility index (Phi) is 7.85. The second-order valence-electron chi connectivity index (χ2n) is 7.24. The van der Waals surface area contributed by atoms with Gasteiger partial charge < -0.3 is 10.4 Å². The highest BCUT2D eigenvalue weighted by Gasteiger charge is 2.38. The van der Waals surface area contributed by atoms with Gasteiger partial charge in [-0.1, -0.05) is 23.4 Å². The summed E-state index contributed by atoms with van der Waals surface area (Å²) in [5.74, 6) is -3.59. The molecule has 1 atom stereocenters. The fourth-order valence-corrected chi connectivity index (χ4v) is 4.18. The molecule has 1 amide bonds. The van der Waals surface area contributed by atoms with Gasteiger partial charge in [0.1, 0.15) is 0 Å². The molecular weight excluding hydrogens is 495 g/mol. The molecule has 12 nitrogen and oxygen atoms in total. The number of rotatable bonds is 5. The van der Waals surface area contributed by atoms with Crippen molar-refractivity contribution < 1.29 is 36.3 Å². The van der Waals surface area contributed by atoms with Gasteiger partial charge >= 0.3 is 12.1 Å². The van der Waals surface area contributed by atoms with Crippen molar-refractivity contribution >= 4 is 21.9 Å². The molecule has 2 aromatic heterocycles. The molecule has 3 N–H and O–H groups in total. The predicted molar refractivity (Wildman–Crippen MR) is 113 cm³/mol. The minimum absolute atomic E-state index is 0.0556. The van der Waals surface area contributed by atoms with Gasteiger partial charge in [-0.3, -0.25) is 4.79 Å². The van der Waals surface area contributed by atoms with E-state index in [9.17, 15) is 26.4 Å². The number of benzene rings is 1. The summed E-state index contributed by atoms with van der Waals surface area (Å²) in [5.41, 5.74) is 0.510. The highest BCUT2D eigenvalue weighted by Crippen LogP contribution is 2.17. The lowest BCUT2D eigenvalue weighted by Gasteiger charge is -2.22. The maximum Gasteiger partial charge on any atom is 0.490 e. The predicted octanol–water partition coefficient (Wildman–Crippen LogP) is 1.14. The second-order valence-corrected chi connectivity index (χ2v) is 8.87. The van der Waals surface area contributed by atoms with Crippen molar-refractivity contribution in [3.05, 3.63) is 54.5 Å². The standard InChI is InChI=1S/C17H19N7O3S.C2HF3O2/c25-17(15-12-23(22-20-15)14-7-4-9-18-11-14)21-28(26,27)16-8-10-19-24(16)13-5-2-1-3-6-13;3-2(4,5)1(6)7/h1-3,5-6,8,10,12,14,18H,4,7,9,11H2,(H,21,25);(H,6,7). The average molecular weight is 515 g/mol. The number of halogens is 3. The number of nitrogens with zero attached hydrogens (tertiary/aromatic N) is 5. The van der Waals surface area contributed by atoms with Crippen LogP contribution in [0.2, 0.25) is 0 Å². The molecular formula is C19H20F3N7O5S. The zero-order valence-corrected chi connectivity index (χ0v) is 18.7. The van der Waals surface area contributed by atoms with Crippen molar-refractivity contribution in [3.63, 3.8) is 0 Å². The van der Waals surface area contributed by atoms with Gasteiger partial charge in [0, 0.05) is 6.54 Å². The molecule has 1 aromatic carbocycles. The Hall–Kier alpha value is -3.79. The van der Waals surface area contributed by atoms with Crippen LogP contribution in [-0.2, 0) is 14.8 Å². The van der Waals surface area contributed by atoms with Crippen LogP contribution in [0.5, 0.6) is 0 Å². The molecule has 3 aromatic rings. The van der Waals surface area contributed by atoms with Crippen molar-refractivity contribution in [1.82, 2.24) is 34.8 Å². The second kappa shape index (κ2) is 10.6. The fraction of sp³-hybridized carbons (Fsp3) is 0.316. The number of para-hydroxylation sites is 1. The number of carboxylic acid groups (broad SMARTS) is 1. The topological polar surface area (TPSA) is 161 Å². The number of carbonyl (C=O) groups is 2. The highest BCUT2D eigenvalue weighted by atomic mass is 32.2.